The molecule has 0 bridgehead atoms. The van der Waals surface area contributed by atoms with Gasteiger partial charge in [0.1, 0.15) is 11.7 Å². The molecule has 7 heteroatoms. The van der Waals surface area contributed by atoms with Crippen molar-refractivity contribution in [2.24, 2.45) is 5.92 Å². The SMILES string of the molecule is CCC(C(C)=O)C(=O)O.CCCCO.CCCCO.CCCCO.[Zr]. The molecule has 0 aromatic carbocycles. The molecule has 0 saturated carbocycles. The van der Waals surface area contributed by atoms with E-state index in [1.165, 1.54) is 6.92 Å². The van der Waals surface area contributed by atoms with Crippen LogP contribution in [-0.2, 0) is 35.8 Å². The summed E-state index contributed by atoms with van der Waals surface area (Å²) in [6.07, 6.45) is 6.49. The maximum absolute atomic E-state index is 10.4. The zero-order valence-electron chi connectivity index (χ0n) is 16.8. The number of carbonyl (C=O) groups excluding carboxylic acids is 1. The number of hydrogen-bond acceptors (Lipinski definition) is 5. The van der Waals surface area contributed by atoms with Gasteiger partial charge in [0.15, 0.2) is 0 Å². The molecule has 0 aliphatic rings. The maximum Gasteiger partial charge on any atom is 0.314 e. The molecule has 0 aliphatic carbocycles. The topological polar surface area (TPSA) is 115 Å². The molecular formula is C18H40O6Zr. The van der Waals surface area contributed by atoms with E-state index in [0.717, 1.165) is 38.5 Å². The molecule has 152 valence electrons. The molecule has 1 atom stereocenters. The first-order valence-electron chi connectivity index (χ1n) is 8.89. The molecular weight excluding hydrogens is 403 g/mol. The molecule has 1 unspecified atom stereocenters. The smallest absolute Gasteiger partial charge is 0.314 e. The molecule has 0 radical (unpaired) electrons. The van der Waals surface area contributed by atoms with Crippen molar-refractivity contribution in [1.82, 2.24) is 0 Å². The quantitative estimate of drug-likeness (QED) is 0.407. The number of carboxylic acids is 1. The van der Waals surface area contributed by atoms with Gasteiger partial charge in [0.05, 0.1) is 0 Å². The number of carboxylic acid groups (broad SMARTS) is 1. The third kappa shape index (κ3) is 45.3. The Balaban J connectivity index is -0.0000000733. The van der Waals surface area contributed by atoms with Gasteiger partial charge in [0.2, 0.25) is 0 Å². The zero-order valence-corrected chi connectivity index (χ0v) is 19.2. The van der Waals surface area contributed by atoms with Crippen LogP contribution in [0.4, 0.5) is 0 Å². The fraction of sp³-hybridized carbons (Fsp3) is 0.889. The van der Waals surface area contributed by atoms with Crippen LogP contribution in [0.5, 0.6) is 0 Å². The van der Waals surface area contributed by atoms with Crippen molar-refractivity contribution in [3.8, 4) is 0 Å². The van der Waals surface area contributed by atoms with Gasteiger partial charge in [0, 0.05) is 46.0 Å². The predicted octanol–water partition coefficient (Wildman–Crippen LogP) is 3.02. The van der Waals surface area contributed by atoms with Crippen molar-refractivity contribution in [2.75, 3.05) is 19.8 Å². The number of hydrogen-bond donors (Lipinski definition) is 4. The van der Waals surface area contributed by atoms with Gasteiger partial charge in [-0.3, -0.25) is 9.59 Å². The molecule has 0 aliphatic heterocycles. The largest absolute Gasteiger partial charge is 0.481 e. The number of Topliss-reactive ketones (excluding diaryl/α,β-unsaturated/α-hetero) is 1. The van der Waals surface area contributed by atoms with E-state index in [4.69, 9.17) is 20.4 Å². The first-order valence-corrected chi connectivity index (χ1v) is 8.89. The monoisotopic (exact) mass is 442 g/mol. The summed E-state index contributed by atoms with van der Waals surface area (Å²) in [6, 6.07) is 0. The minimum absolute atomic E-state index is 0. The van der Waals surface area contributed by atoms with E-state index >= 15 is 0 Å². The van der Waals surface area contributed by atoms with E-state index in [1.54, 1.807) is 6.92 Å². The summed E-state index contributed by atoms with van der Waals surface area (Å²) in [4.78, 5) is 20.6. The normalized spacial score (nSPS) is 9.60. The Hall–Kier alpha value is -0.0969. The molecule has 6 nitrogen and oxygen atoms in total. The van der Waals surface area contributed by atoms with Gasteiger partial charge in [-0.2, -0.15) is 0 Å². The Bertz CT molecular complexity index is 215. The number of aliphatic carboxylic acids is 1. The molecule has 0 amide bonds. The van der Waals surface area contributed by atoms with Crippen LogP contribution in [0.2, 0.25) is 0 Å². The van der Waals surface area contributed by atoms with Crippen LogP contribution in [0.3, 0.4) is 0 Å². The summed E-state index contributed by atoms with van der Waals surface area (Å²) < 4.78 is 0. The number of aliphatic hydroxyl groups is 3. The number of ketones is 1. The summed E-state index contributed by atoms with van der Waals surface area (Å²) in [7, 11) is 0. The molecule has 0 fully saturated rings. The van der Waals surface area contributed by atoms with Crippen molar-refractivity contribution in [3.63, 3.8) is 0 Å². The van der Waals surface area contributed by atoms with Crippen LogP contribution in [-0.4, -0.2) is 52.0 Å². The molecule has 0 spiro atoms. The van der Waals surface area contributed by atoms with Gasteiger partial charge in [-0.05, 0) is 32.6 Å². The first kappa shape index (κ1) is 35.9. The van der Waals surface area contributed by atoms with Crippen LogP contribution in [0.25, 0.3) is 0 Å². The average Bonchev–Trinajstić information content (AvgIpc) is 2.51. The van der Waals surface area contributed by atoms with E-state index in [1.807, 2.05) is 0 Å². The summed E-state index contributed by atoms with van der Waals surface area (Å²) >= 11 is 0. The van der Waals surface area contributed by atoms with E-state index in [2.05, 4.69) is 20.8 Å². The van der Waals surface area contributed by atoms with Crippen LogP contribution in [0.1, 0.15) is 79.6 Å². The van der Waals surface area contributed by atoms with Gasteiger partial charge in [0.25, 0.3) is 0 Å². The van der Waals surface area contributed by atoms with Crippen molar-refractivity contribution in [1.29, 1.82) is 0 Å². The van der Waals surface area contributed by atoms with Gasteiger partial charge in [-0.1, -0.05) is 47.0 Å². The summed E-state index contributed by atoms with van der Waals surface area (Å²) in [5, 5.41) is 32.5. The minimum atomic E-state index is -1.02. The van der Waals surface area contributed by atoms with E-state index in [0.29, 0.717) is 26.2 Å². The van der Waals surface area contributed by atoms with Crippen molar-refractivity contribution in [3.05, 3.63) is 0 Å². The number of aliphatic hydroxyl groups excluding tert-OH is 3. The van der Waals surface area contributed by atoms with Gasteiger partial charge in [-0.25, -0.2) is 0 Å². The van der Waals surface area contributed by atoms with Crippen LogP contribution >= 0.6 is 0 Å². The van der Waals surface area contributed by atoms with Gasteiger partial charge in [-0.15, -0.1) is 0 Å². The second-order valence-electron chi connectivity index (χ2n) is 5.14. The Morgan fingerprint density at radius 2 is 1.04 bits per heavy atom. The fourth-order valence-electron chi connectivity index (χ4n) is 1.11. The van der Waals surface area contributed by atoms with Crippen molar-refractivity contribution in [2.45, 2.75) is 79.6 Å². The maximum atomic E-state index is 10.4. The van der Waals surface area contributed by atoms with Gasteiger partial charge < -0.3 is 20.4 Å². The third-order valence-electron chi connectivity index (χ3n) is 2.73. The average molecular weight is 444 g/mol. The summed E-state index contributed by atoms with van der Waals surface area (Å²) in [6.45, 7) is 10.2. The number of unbranched alkanes of at least 4 members (excludes halogenated alkanes) is 3. The van der Waals surface area contributed by atoms with Crippen LogP contribution < -0.4 is 0 Å². The van der Waals surface area contributed by atoms with E-state index in [-0.39, 0.29) is 32.0 Å². The molecule has 0 saturated heterocycles. The Morgan fingerprint density at radius 1 is 0.760 bits per heavy atom. The van der Waals surface area contributed by atoms with Crippen molar-refractivity contribution < 1.29 is 56.2 Å². The predicted molar refractivity (Wildman–Crippen MR) is 98.1 cm³/mol. The number of rotatable bonds is 9. The van der Waals surface area contributed by atoms with Crippen LogP contribution in [0.15, 0.2) is 0 Å². The molecule has 0 heterocycles. The summed E-state index contributed by atoms with van der Waals surface area (Å²) in [5.41, 5.74) is 0. The Morgan fingerprint density at radius 3 is 1.04 bits per heavy atom. The minimum Gasteiger partial charge on any atom is -0.481 e. The fourth-order valence-corrected chi connectivity index (χ4v) is 1.11. The molecule has 0 aromatic heterocycles. The summed E-state index contributed by atoms with van der Waals surface area (Å²) in [5.74, 6) is -2.10. The molecule has 0 aromatic rings. The molecule has 4 N–H and O–H groups in total. The standard InChI is InChI=1S/C6H10O3.3C4H10O.Zr/c1-3-5(4(2)7)6(8)9;3*1-2-3-4-5;/h5H,3H2,1-2H3,(H,8,9);3*5H,2-4H2,1H3;. The van der Waals surface area contributed by atoms with E-state index < -0.39 is 11.9 Å². The van der Waals surface area contributed by atoms with Crippen LogP contribution in [0, 0.1) is 5.92 Å². The second kappa shape index (κ2) is 35.1. The number of carbonyl (C=O) groups is 2. The van der Waals surface area contributed by atoms with Crippen molar-refractivity contribution >= 4 is 11.8 Å². The Kier molecular flexibility index (Phi) is 50.4. The van der Waals surface area contributed by atoms with Gasteiger partial charge >= 0.3 is 5.97 Å². The third-order valence-corrected chi connectivity index (χ3v) is 2.73. The zero-order chi connectivity index (χ0) is 19.8. The molecule has 25 heavy (non-hydrogen) atoms. The van der Waals surface area contributed by atoms with E-state index in [9.17, 15) is 9.59 Å². The molecule has 0 rings (SSSR count). The Labute approximate surface area is 173 Å². The second-order valence-corrected chi connectivity index (χ2v) is 5.14. The first-order chi connectivity index (χ1) is 11.3.